The SMILES string of the molecule is CCOCCCC(NC)C1CCCCCC1. The van der Waals surface area contributed by atoms with Crippen LogP contribution in [-0.4, -0.2) is 26.3 Å². The summed E-state index contributed by atoms with van der Waals surface area (Å²) in [5.74, 6) is 0.911. The lowest BCUT2D eigenvalue weighted by molar-refractivity contribution is 0.137. The Balaban J connectivity index is 2.22. The molecule has 0 aromatic heterocycles. The number of hydrogen-bond acceptors (Lipinski definition) is 2. The summed E-state index contributed by atoms with van der Waals surface area (Å²) in [7, 11) is 2.12. The van der Waals surface area contributed by atoms with E-state index in [2.05, 4.69) is 19.3 Å². The molecular formula is C14H29NO. The average molecular weight is 227 g/mol. The molecule has 1 aliphatic carbocycles. The maximum absolute atomic E-state index is 5.41. The third-order valence-electron chi connectivity index (χ3n) is 3.85. The van der Waals surface area contributed by atoms with Gasteiger partial charge in [0.15, 0.2) is 0 Å². The van der Waals surface area contributed by atoms with Gasteiger partial charge in [-0.25, -0.2) is 0 Å². The first kappa shape index (κ1) is 14.0. The van der Waals surface area contributed by atoms with Gasteiger partial charge in [0, 0.05) is 19.3 Å². The van der Waals surface area contributed by atoms with Crippen LogP contribution in [0.25, 0.3) is 0 Å². The van der Waals surface area contributed by atoms with Gasteiger partial charge in [-0.1, -0.05) is 25.7 Å². The van der Waals surface area contributed by atoms with E-state index in [-0.39, 0.29) is 0 Å². The van der Waals surface area contributed by atoms with Crippen LogP contribution in [0.5, 0.6) is 0 Å². The highest BCUT2D eigenvalue weighted by Gasteiger charge is 2.20. The van der Waals surface area contributed by atoms with Crippen LogP contribution in [0.2, 0.25) is 0 Å². The molecule has 2 nitrogen and oxygen atoms in total. The second-order valence-electron chi connectivity index (χ2n) is 4.99. The Morgan fingerprint density at radius 2 is 1.88 bits per heavy atom. The van der Waals surface area contributed by atoms with Crippen molar-refractivity contribution in [2.24, 2.45) is 5.92 Å². The van der Waals surface area contributed by atoms with E-state index in [1.54, 1.807) is 0 Å². The van der Waals surface area contributed by atoms with Crippen LogP contribution in [0, 0.1) is 5.92 Å². The summed E-state index contributed by atoms with van der Waals surface area (Å²) in [6, 6.07) is 0.721. The molecule has 0 saturated heterocycles. The maximum atomic E-state index is 5.41. The molecule has 96 valence electrons. The molecule has 1 aliphatic rings. The van der Waals surface area contributed by atoms with E-state index in [9.17, 15) is 0 Å². The summed E-state index contributed by atoms with van der Waals surface area (Å²) in [4.78, 5) is 0. The van der Waals surface area contributed by atoms with Crippen LogP contribution in [0.3, 0.4) is 0 Å². The van der Waals surface area contributed by atoms with Crippen molar-refractivity contribution in [2.45, 2.75) is 64.3 Å². The van der Waals surface area contributed by atoms with Crippen LogP contribution in [0.4, 0.5) is 0 Å². The van der Waals surface area contributed by atoms with Crippen molar-refractivity contribution in [3.05, 3.63) is 0 Å². The first-order valence-corrected chi connectivity index (χ1v) is 7.13. The van der Waals surface area contributed by atoms with Crippen LogP contribution in [-0.2, 0) is 4.74 Å². The average Bonchev–Trinajstić information content (AvgIpc) is 2.58. The van der Waals surface area contributed by atoms with E-state index in [1.807, 2.05) is 0 Å². The Hall–Kier alpha value is -0.0800. The van der Waals surface area contributed by atoms with Crippen molar-refractivity contribution in [1.82, 2.24) is 5.32 Å². The second kappa shape index (κ2) is 9.00. The van der Waals surface area contributed by atoms with Crippen molar-refractivity contribution >= 4 is 0 Å². The Morgan fingerprint density at radius 1 is 1.19 bits per heavy atom. The molecule has 0 aromatic carbocycles. The smallest absolute Gasteiger partial charge is 0.0466 e. The van der Waals surface area contributed by atoms with Crippen LogP contribution in [0.1, 0.15) is 58.3 Å². The summed E-state index contributed by atoms with van der Waals surface area (Å²) >= 11 is 0. The highest BCUT2D eigenvalue weighted by Crippen LogP contribution is 2.27. The van der Waals surface area contributed by atoms with Crippen LogP contribution < -0.4 is 5.32 Å². The summed E-state index contributed by atoms with van der Waals surface area (Å²) < 4.78 is 5.41. The molecule has 16 heavy (non-hydrogen) atoms. The minimum Gasteiger partial charge on any atom is -0.382 e. The third kappa shape index (κ3) is 5.31. The molecule has 1 unspecified atom stereocenters. The zero-order valence-corrected chi connectivity index (χ0v) is 11.1. The summed E-state index contributed by atoms with van der Waals surface area (Å²) in [6.45, 7) is 3.86. The van der Waals surface area contributed by atoms with Gasteiger partial charge in [0.2, 0.25) is 0 Å². The molecule has 0 aromatic rings. The van der Waals surface area contributed by atoms with Gasteiger partial charge < -0.3 is 10.1 Å². The largest absolute Gasteiger partial charge is 0.382 e. The fraction of sp³-hybridized carbons (Fsp3) is 1.00. The summed E-state index contributed by atoms with van der Waals surface area (Å²) in [5, 5.41) is 3.52. The highest BCUT2D eigenvalue weighted by molar-refractivity contribution is 4.77. The van der Waals surface area contributed by atoms with E-state index in [0.29, 0.717) is 0 Å². The first-order chi connectivity index (χ1) is 7.88. The highest BCUT2D eigenvalue weighted by atomic mass is 16.5. The molecule has 0 heterocycles. The van der Waals surface area contributed by atoms with Gasteiger partial charge in [-0.15, -0.1) is 0 Å². The van der Waals surface area contributed by atoms with Crippen molar-refractivity contribution in [3.63, 3.8) is 0 Å². The van der Waals surface area contributed by atoms with Crippen LogP contribution in [0.15, 0.2) is 0 Å². The fourth-order valence-electron chi connectivity index (χ4n) is 2.88. The van der Waals surface area contributed by atoms with Crippen molar-refractivity contribution in [2.75, 3.05) is 20.3 Å². The van der Waals surface area contributed by atoms with Crippen molar-refractivity contribution in [1.29, 1.82) is 0 Å². The summed E-state index contributed by atoms with van der Waals surface area (Å²) in [5.41, 5.74) is 0. The van der Waals surface area contributed by atoms with Gasteiger partial charge in [-0.05, 0) is 45.6 Å². The molecule has 0 radical (unpaired) electrons. The molecule has 1 rings (SSSR count). The monoisotopic (exact) mass is 227 g/mol. The lowest BCUT2D eigenvalue weighted by Gasteiger charge is -2.25. The summed E-state index contributed by atoms with van der Waals surface area (Å²) in [6.07, 6.45) is 11.1. The zero-order chi connectivity index (χ0) is 11.6. The van der Waals surface area contributed by atoms with E-state index in [0.717, 1.165) is 25.2 Å². The molecule has 0 amide bonds. The molecule has 1 atom stereocenters. The Labute approximate surface area is 101 Å². The molecule has 0 aliphatic heterocycles. The van der Waals surface area contributed by atoms with E-state index in [4.69, 9.17) is 4.74 Å². The van der Waals surface area contributed by atoms with Gasteiger partial charge >= 0.3 is 0 Å². The van der Waals surface area contributed by atoms with Gasteiger partial charge in [-0.2, -0.15) is 0 Å². The fourth-order valence-corrected chi connectivity index (χ4v) is 2.88. The second-order valence-corrected chi connectivity index (χ2v) is 4.99. The predicted molar refractivity (Wildman–Crippen MR) is 69.8 cm³/mol. The number of hydrogen-bond donors (Lipinski definition) is 1. The number of nitrogens with one attached hydrogen (secondary N) is 1. The molecule has 0 spiro atoms. The standard InChI is InChI=1S/C14H29NO/c1-3-16-12-8-11-14(15-2)13-9-6-4-5-7-10-13/h13-15H,3-12H2,1-2H3. The Morgan fingerprint density at radius 3 is 2.44 bits per heavy atom. The minimum absolute atomic E-state index is 0.721. The normalized spacial score (nSPS) is 20.6. The van der Waals surface area contributed by atoms with Crippen molar-refractivity contribution < 1.29 is 4.74 Å². The quantitative estimate of drug-likeness (QED) is 0.532. The lowest BCUT2D eigenvalue weighted by Crippen LogP contribution is -2.33. The number of ether oxygens (including phenoxy) is 1. The van der Waals surface area contributed by atoms with E-state index in [1.165, 1.54) is 51.4 Å². The van der Waals surface area contributed by atoms with Gasteiger partial charge in [0.1, 0.15) is 0 Å². The van der Waals surface area contributed by atoms with Gasteiger partial charge in [-0.3, -0.25) is 0 Å². The predicted octanol–water partition coefficient (Wildman–Crippen LogP) is 3.36. The minimum atomic E-state index is 0.721. The molecule has 0 bridgehead atoms. The van der Waals surface area contributed by atoms with Gasteiger partial charge in [0.25, 0.3) is 0 Å². The topological polar surface area (TPSA) is 21.3 Å². The molecule has 1 fully saturated rings. The molecule has 2 heteroatoms. The van der Waals surface area contributed by atoms with Gasteiger partial charge in [0.05, 0.1) is 0 Å². The maximum Gasteiger partial charge on any atom is 0.0466 e. The zero-order valence-electron chi connectivity index (χ0n) is 11.1. The Bertz CT molecular complexity index is 153. The molecule has 1 N–H and O–H groups in total. The first-order valence-electron chi connectivity index (χ1n) is 7.13. The Kier molecular flexibility index (Phi) is 7.87. The molecule has 1 saturated carbocycles. The molecular weight excluding hydrogens is 198 g/mol. The van der Waals surface area contributed by atoms with Crippen LogP contribution >= 0.6 is 0 Å². The lowest BCUT2D eigenvalue weighted by atomic mass is 9.89. The third-order valence-corrected chi connectivity index (χ3v) is 3.85. The number of rotatable bonds is 7. The van der Waals surface area contributed by atoms with Crippen molar-refractivity contribution in [3.8, 4) is 0 Å². The van der Waals surface area contributed by atoms with E-state index >= 15 is 0 Å². The van der Waals surface area contributed by atoms with E-state index < -0.39 is 0 Å².